The van der Waals surface area contributed by atoms with Gasteiger partial charge in [0.05, 0.1) is 17.2 Å². The van der Waals surface area contributed by atoms with Gasteiger partial charge in [0, 0.05) is 17.5 Å². The normalized spacial score (nSPS) is 13.5. The van der Waals surface area contributed by atoms with Crippen LogP contribution in [-0.2, 0) is 19.0 Å². The molecule has 0 saturated carbocycles. The molecule has 2 rings (SSSR count). The van der Waals surface area contributed by atoms with Gasteiger partial charge in [0.15, 0.2) is 0 Å². The van der Waals surface area contributed by atoms with E-state index in [9.17, 15) is 18.3 Å². The first-order valence-electron chi connectivity index (χ1n) is 5.67. The van der Waals surface area contributed by atoms with E-state index in [2.05, 4.69) is 4.98 Å². The maximum atomic E-state index is 12.4. The number of hydrogen-bond acceptors (Lipinski definition) is 3. The molecular weight excluding hydrogens is 275 g/mol. The average Bonchev–Trinajstić information content (AvgIpc) is 2.81. The highest BCUT2D eigenvalue weighted by Crippen LogP contribution is 2.29. The molecule has 1 atom stereocenters. The molecule has 0 fully saturated rings. The van der Waals surface area contributed by atoms with Crippen molar-refractivity contribution in [3.05, 3.63) is 52.0 Å². The number of halogens is 3. The van der Waals surface area contributed by atoms with Crippen LogP contribution in [0, 0.1) is 0 Å². The topological polar surface area (TPSA) is 33.1 Å². The summed E-state index contributed by atoms with van der Waals surface area (Å²) < 4.78 is 37.1. The number of alkyl halides is 3. The van der Waals surface area contributed by atoms with E-state index in [0.29, 0.717) is 18.4 Å². The Labute approximate surface area is 112 Å². The summed E-state index contributed by atoms with van der Waals surface area (Å²) in [5.41, 5.74) is 1.69. The number of rotatable bonds is 4. The fourth-order valence-corrected chi connectivity index (χ4v) is 2.42. The van der Waals surface area contributed by atoms with Gasteiger partial charge in [0.1, 0.15) is 0 Å². The van der Waals surface area contributed by atoms with Gasteiger partial charge in [0.2, 0.25) is 0 Å². The van der Waals surface area contributed by atoms with Gasteiger partial charge in [-0.2, -0.15) is 13.2 Å². The zero-order valence-electron chi connectivity index (χ0n) is 9.89. The van der Waals surface area contributed by atoms with Gasteiger partial charge in [-0.15, -0.1) is 11.3 Å². The van der Waals surface area contributed by atoms with E-state index in [1.165, 1.54) is 23.5 Å². The smallest absolute Gasteiger partial charge is 0.392 e. The number of hydrogen-bond donors (Lipinski definition) is 1. The average molecular weight is 287 g/mol. The molecule has 1 heterocycles. The van der Waals surface area contributed by atoms with Crippen molar-refractivity contribution in [2.45, 2.75) is 25.1 Å². The third-order valence-corrected chi connectivity index (χ3v) is 3.47. The largest absolute Gasteiger partial charge is 0.416 e. The van der Waals surface area contributed by atoms with E-state index in [1.54, 1.807) is 11.7 Å². The Hall–Kier alpha value is -1.40. The van der Waals surface area contributed by atoms with Crippen molar-refractivity contribution in [1.29, 1.82) is 0 Å². The lowest BCUT2D eigenvalue weighted by Gasteiger charge is -2.11. The van der Waals surface area contributed by atoms with E-state index >= 15 is 0 Å². The highest BCUT2D eigenvalue weighted by atomic mass is 32.1. The number of aromatic nitrogens is 1. The number of nitrogens with zero attached hydrogens (tertiary/aromatic N) is 1. The summed E-state index contributed by atoms with van der Waals surface area (Å²) in [5.74, 6) is 0. The summed E-state index contributed by atoms with van der Waals surface area (Å²) in [4.78, 5) is 4.86. The lowest BCUT2D eigenvalue weighted by atomic mass is 10.0. The number of benzene rings is 1. The van der Waals surface area contributed by atoms with Gasteiger partial charge in [-0.05, 0) is 24.1 Å². The SMILES string of the molecule is OC(Cc1ccc(C(F)(F)F)cc1)Cc1cncs1. The van der Waals surface area contributed by atoms with E-state index in [1.807, 2.05) is 0 Å². The van der Waals surface area contributed by atoms with Crippen molar-refractivity contribution < 1.29 is 18.3 Å². The molecule has 1 unspecified atom stereocenters. The molecule has 1 aromatic heterocycles. The van der Waals surface area contributed by atoms with Gasteiger partial charge < -0.3 is 5.11 Å². The fourth-order valence-electron chi connectivity index (χ4n) is 1.75. The number of aliphatic hydroxyl groups is 1. The van der Waals surface area contributed by atoms with Crippen LogP contribution in [0.15, 0.2) is 36.0 Å². The van der Waals surface area contributed by atoms with E-state index in [-0.39, 0.29) is 0 Å². The lowest BCUT2D eigenvalue weighted by Crippen LogP contribution is -2.13. The van der Waals surface area contributed by atoms with Crippen LogP contribution in [0.25, 0.3) is 0 Å². The van der Waals surface area contributed by atoms with Crippen molar-refractivity contribution in [3.63, 3.8) is 0 Å². The Morgan fingerprint density at radius 1 is 1.16 bits per heavy atom. The minimum atomic E-state index is -4.32. The van der Waals surface area contributed by atoms with E-state index in [4.69, 9.17) is 0 Å². The summed E-state index contributed by atoms with van der Waals surface area (Å²) in [6.45, 7) is 0. The van der Waals surface area contributed by atoms with Crippen molar-refractivity contribution in [3.8, 4) is 0 Å². The molecule has 0 amide bonds. The molecule has 6 heteroatoms. The Morgan fingerprint density at radius 2 is 1.84 bits per heavy atom. The summed E-state index contributed by atoms with van der Waals surface area (Å²) in [6, 6.07) is 4.88. The molecule has 102 valence electrons. The van der Waals surface area contributed by atoms with Crippen LogP contribution in [0.2, 0.25) is 0 Å². The van der Waals surface area contributed by atoms with Crippen LogP contribution in [0.3, 0.4) is 0 Å². The predicted octanol–water partition coefficient (Wildman–Crippen LogP) is 3.31. The zero-order chi connectivity index (χ0) is 13.9. The van der Waals surface area contributed by atoms with Gasteiger partial charge >= 0.3 is 6.18 Å². The standard InChI is InChI=1S/C13H12F3NOS/c14-13(15,16)10-3-1-9(2-4-10)5-11(18)6-12-7-17-8-19-12/h1-4,7-8,11,18H,5-6H2. The van der Waals surface area contributed by atoms with Gasteiger partial charge in [-0.1, -0.05) is 12.1 Å². The van der Waals surface area contributed by atoms with Crippen LogP contribution < -0.4 is 0 Å². The maximum Gasteiger partial charge on any atom is 0.416 e. The summed E-state index contributed by atoms with van der Waals surface area (Å²) in [5, 5.41) is 9.86. The highest BCUT2D eigenvalue weighted by Gasteiger charge is 2.29. The van der Waals surface area contributed by atoms with Crippen LogP contribution in [0.5, 0.6) is 0 Å². The van der Waals surface area contributed by atoms with E-state index in [0.717, 1.165) is 17.0 Å². The Bertz CT molecular complexity index is 508. The number of aliphatic hydroxyl groups excluding tert-OH is 1. The first-order chi connectivity index (χ1) is 8.95. The second-order valence-electron chi connectivity index (χ2n) is 4.22. The van der Waals surface area contributed by atoms with Gasteiger partial charge in [-0.25, -0.2) is 0 Å². The van der Waals surface area contributed by atoms with Gasteiger partial charge in [0.25, 0.3) is 0 Å². The molecule has 1 N–H and O–H groups in total. The molecule has 2 aromatic rings. The molecule has 0 saturated heterocycles. The first-order valence-corrected chi connectivity index (χ1v) is 6.54. The Morgan fingerprint density at radius 3 is 2.37 bits per heavy atom. The summed E-state index contributed by atoms with van der Waals surface area (Å²) in [7, 11) is 0. The van der Waals surface area contributed by atoms with Crippen molar-refractivity contribution in [1.82, 2.24) is 4.98 Å². The monoisotopic (exact) mass is 287 g/mol. The quantitative estimate of drug-likeness (QED) is 0.936. The summed E-state index contributed by atoms with van der Waals surface area (Å²) in [6.07, 6.45) is -2.46. The molecular formula is C13H12F3NOS. The maximum absolute atomic E-state index is 12.4. The molecule has 19 heavy (non-hydrogen) atoms. The predicted molar refractivity (Wildman–Crippen MR) is 67.0 cm³/mol. The third kappa shape index (κ3) is 4.04. The van der Waals surface area contributed by atoms with Crippen LogP contribution in [0.1, 0.15) is 16.0 Å². The second-order valence-corrected chi connectivity index (χ2v) is 5.20. The minimum Gasteiger partial charge on any atom is -0.392 e. The van der Waals surface area contributed by atoms with Crippen LogP contribution in [0.4, 0.5) is 13.2 Å². The third-order valence-electron chi connectivity index (χ3n) is 2.67. The number of thiazole rings is 1. The van der Waals surface area contributed by atoms with Crippen molar-refractivity contribution >= 4 is 11.3 Å². The second kappa shape index (κ2) is 5.71. The fraction of sp³-hybridized carbons (Fsp3) is 0.308. The van der Waals surface area contributed by atoms with E-state index < -0.39 is 17.8 Å². The van der Waals surface area contributed by atoms with Crippen molar-refractivity contribution in [2.24, 2.45) is 0 Å². The molecule has 0 bridgehead atoms. The lowest BCUT2D eigenvalue weighted by molar-refractivity contribution is -0.137. The molecule has 2 nitrogen and oxygen atoms in total. The molecule has 0 aliphatic heterocycles. The van der Waals surface area contributed by atoms with Crippen LogP contribution >= 0.6 is 11.3 Å². The minimum absolute atomic E-state index is 0.329. The first kappa shape index (κ1) is 14.0. The van der Waals surface area contributed by atoms with Crippen molar-refractivity contribution in [2.75, 3.05) is 0 Å². The zero-order valence-corrected chi connectivity index (χ0v) is 10.7. The molecule has 0 aliphatic carbocycles. The van der Waals surface area contributed by atoms with Gasteiger partial charge in [-0.3, -0.25) is 4.98 Å². The highest BCUT2D eigenvalue weighted by molar-refractivity contribution is 7.09. The molecule has 0 aliphatic rings. The molecule has 1 aromatic carbocycles. The molecule has 0 radical (unpaired) electrons. The molecule has 0 spiro atoms. The summed E-state index contributed by atoms with van der Waals surface area (Å²) >= 11 is 1.45. The Kier molecular flexibility index (Phi) is 4.21. The Balaban J connectivity index is 1.96. The van der Waals surface area contributed by atoms with Crippen LogP contribution in [-0.4, -0.2) is 16.2 Å².